The largest absolute Gasteiger partial charge is 0.469 e. The van der Waals surface area contributed by atoms with Crippen LogP contribution in [0, 0.1) is 5.92 Å². The minimum Gasteiger partial charge on any atom is -0.469 e. The van der Waals surface area contributed by atoms with Gasteiger partial charge in [-0.15, -0.1) is 0 Å². The summed E-state index contributed by atoms with van der Waals surface area (Å²) in [5, 5.41) is 2.12. The van der Waals surface area contributed by atoms with E-state index in [4.69, 9.17) is 4.74 Å². The minimum absolute atomic E-state index is 0.0641. The molecule has 0 saturated carbocycles. The number of ether oxygens (including phenoxy) is 1. The molecular formula is C17H19NO3S. The van der Waals surface area contributed by atoms with Crippen LogP contribution in [0.3, 0.4) is 0 Å². The Morgan fingerprint density at radius 3 is 2.55 bits per heavy atom. The Bertz CT molecular complexity index is 703. The molecule has 0 spiro atoms. The Morgan fingerprint density at radius 2 is 1.82 bits per heavy atom. The van der Waals surface area contributed by atoms with Crippen LogP contribution in [-0.4, -0.2) is 34.7 Å². The van der Waals surface area contributed by atoms with Crippen molar-refractivity contribution < 1.29 is 13.7 Å². The molecule has 0 radical (unpaired) electrons. The number of methoxy groups -OCH3 is 1. The summed E-state index contributed by atoms with van der Waals surface area (Å²) in [6.07, 6.45) is 1.40. The third-order valence-corrected chi connectivity index (χ3v) is 5.73. The Hall–Kier alpha value is -1.72. The van der Waals surface area contributed by atoms with Gasteiger partial charge in [-0.05, 0) is 29.7 Å². The highest BCUT2D eigenvalue weighted by Gasteiger charge is 2.28. The zero-order valence-corrected chi connectivity index (χ0v) is 13.3. The second-order valence-electron chi connectivity index (χ2n) is 5.45. The predicted molar refractivity (Wildman–Crippen MR) is 86.7 cm³/mol. The number of carbonyl (C=O) groups is 1. The standard InChI is InChI=1S/C17H19NO3S/c1-21-17(19)14-9-11-18(12-10-14)22(20)16-8-4-6-13-5-2-3-7-15(13)16/h2-8,14H,9-12H2,1H3. The first-order valence-corrected chi connectivity index (χ1v) is 8.54. The van der Waals surface area contributed by atoms with Gasteiger partial charge in [-0.3, -0.25) is 4.79 Å². The summed E-state index contributed by atoms with van der Waals surface area (Å²) in [6, 6.07) is 13.9. The van der Waals surface area contributed by atoms with E-state index in [2.05, 4.69) is 0 Å². The van der Waals surface area contributed by atoms with Gasteiger partial charge in [-0.1, -0.05) is 36.4 Å². The quantitative estimate of drug-likeness (QED) is 0.818. The molecule has 1 aliphatic heterocycles. The first-order valence-electron chi connectivity index (χ1n) is 7.43. The fraction of sp³-hybridized carbons (Fsp3) is 0.353. The van der Waals surface area contributed by atoms with E-state index in [1.54, 1.807) is 0 Å². The van der Waals surface area contributed by atoms with E-state index in [1.807, 2.05) is 46.8 Å². The maximum Gasteiger partial charge on any atom is 0.308 e. The van der Waals surface area contributed by atoms with Crippen LogP contribution in [0.4, 0.5) is 0 Å². The molecule has 0 aromatic heterocycles. The van der Waals surface area contributed by atoms with Gasteiger partial charge in [-0.25, -0.2) is 8.51 Å². The van der Waals surface area contributed by atoms with Crippen LogP contribution in [0.5, 0.6) is 0 Å². The van der Waals surface area contributed by atoms with E-state index in [0.29, 0.717) is 25.9 Å². The molecule has 22 heavy (non-hydrogen) atoms. The SMILES string of the molecule is COC(=O)C1CCN(S(=O)c2cccc3ccccc23)CC1. The molecule has 5 heteroatoms. The minimum atomic E-state index is -1.19. The van der Waals surface area contributed by atoms with E-state index in [0.717, 1.165) is 15.7 Å². The summed E-state index contributed by atoms with van der Waals surface area (Å²) >= 11 is 0. The van der Waals surface area contributed by atoms with E-state index in [-0.39, 0.29) is 11.9 Å². The van der Waals surface area contributed by atoms with Gasteiger partial charge in [0.1, 0.15) is 11.0 Å². The van der Waals surface area contributed by atoms with Crippen molar-refractivity contribution in [1.82, 2.24) is 4.31 Å². The Kier molecular flexibility index (Phi) is 4.55. The molecular weight excluding hydrogens is 298 g/mol. The lowest BCUT2D eigenvalue weighted by atomic mass is 9.99. The van der Waals surface area contributed by atoms with Gasteiger partial charge in [0.05, 0.1) is 17.9 Å². The van der Waals surface area contributed by atoms with Crippen LogP contribution < -0.4 is 0 Å². The van der Waals surface area contributed by atoms with Crippen molar-refractivity contribution in [1.29, 1.82) is 0 Å². The van der Waals surface area contributed by atoms with Crippen molar-refractivity contribution >= 4 is 27.7 Å². The lowest BCUT2D eigenvalue weighted by Crippen LogP contribution is -2.37. The number of nitrogens with zero attached hydrogens (tertiary/aromatic N) is 1. The first kappa shape index (κ1) is 15.2. The lowest BCUT2D eigenvalue weighted by Gasteiger charge is -2.29. The van der Waals surface area contributed by atoms with Gasteiger partial charge in [-0.2, -0.15) is 0 Å². The van der Waals surface area contributed by atoms with Gasteiger partial charge in [0, 0.05) is 13.1 Å². The number of fused-ring (bicyclic) bond motifs is 1. The van der Waals surface area contributed by atoms with Crippen molar-refractivity contribution in [2.45, 2.75) is 17.7 Å². The monoisotopic (exact) mass is 317 g/mol. The van der Waals surface area contributed by atoms with Gasteiger partial charge >= 0.3 is 5.97 Å². The number of hydrogen-bond donors (Lipinski definition) is 0. The van der Waals surface area contributed by atoms with Crippen molar-refractivity contribution in [3.63, 3.8) is 0 Å². The van der Waals surface area contributed by atoms with Crippen LogP contribution in [0.25, 0.3) is 10.8 Å². The molecule has 1 heterocycles. The highest BCUT2D eigenvalue weighted by molar-refractivity contribution is 7.83. The normalized spacial score (nSPS) is 18.2. The average Bonchev–Trinajstić information content (AvgIpc) is 2.60. The number of esters is 1. The van der Waals surface area contributed by atoms with Gasteiger partial charge in [0.15, 0.2) is 0 Å². The van der Waals surface area contributed by atoms with Gasteiger partial charge < -0.3 is 4.74 Å². The fourth-order valence-corrected chi connectivity index (χ4v) is 4.30. The second kappa shape index (κ2) is 6.58. The summed E-state index contributed by atoms with van der Waals surface area (Å²) in [6.45, 7) is 1.30. The fourth-order valence-electron chi connectivity index (χ4n) is 2.91. The highest BCUT2D eigenvalue weighted by atomic mass is 32.2. The molecule has 4 nitrogen and oxygen atoms in total. The number of hydrogen-bond acceptors (Lipinski definition) is 3. The number of rotatable bonds is 3. The van der Waals surface area contributed by atoms with E-state index < -0.39 is 11.0 Å². The summed E-state index contributed by atoms with van der Waals surface area (Å²) in [5.41, 5.74) is 0. The molecule has 3 rings (SSSR count). The zero-order chi connectivity index (χ0) is 15.5. The van der Waals surface area contributed by atoms with Crippen molar-refractivity contribution in [2.75, 3.05) is 20.2 Å². The molecule has 0 amide bonds. The smallest absolute Gasteiger partial charge is 0.308 e. The molecule has 2 aromatic carbocycles. The van der Waals surface area contributed by atoms with E-state index >= 15 is 0 Å². The molecule has 0 aliphatic carbocycles. The van der Waals surface area contributed by atoms with Crippen LogP contribution in [0.15, 0.2) is 47.4 Å². The van der Waals surface area contributed by atoms with Gasteiger partial charge in [0.25, 0.3) is 0 Å². The number of piperidine rings is 1. The molecule has 0 N–H and O–H groups in total. The van der Waals surface area contributed by atoms with Crippen molar-refractivity contribution in [3.8, 4) is 0 Å². The third kappa shape index (κ3) is 2.91. The topological polar surface area (TPSA) is 46.6 Å². The summed E-state index contributed by atoms with van der Waals surface area (Å²) in [4.78, 5) is 12.4. The van der Waals surface area contributed by atoms with E-state index in [9.17, 15) is 9.00 Å². The first-order chi connectivity index (χ1) is 10.7. The maximum atomic E-state index is 12.9. The zero-order valence-electron chi connectivity index (χ0n) is 12.5. The maximum absolute atomic E-state index is 12.9. The van der Waals surface area contributed by atoms with E-state index in [1.165, 1.54) is 7.11 Å². The summed E-state index contributed by atoms with van der Waals surface area (Å²) in [5.74, 6) is -0.221. The molecule has 2 aromatic rings. The molecule has 1 saturated heterocycles. The Morgan fingerprint density at radius 1 is 1.14 bits per heavy atom. The van der Waals surface area contributed by atoms with Crippen LogP contribution in [0.2, 0.25) is 0 Å². The van der Waals surface area contributed by atoms with Crippen molar-refractivity contribution in [3.05, 3.63) is 42.5 Å². The molecule has 1 unspecified atom stereocenters. The molecule has 1 atom stereocenters. The molecule has 1 aliphatic rings. The van der Waals surface area contributed by atoms with Crippen LogP contribution in [-0.2, 0) is 20.5 Å². The predicted octanol–water partition coefficient (Wildman–Crippen LogP) is 2.75. The third-order valence-electron chi connectivity index (χ3n) is 4.16. The molecule has 1 fully saturated rings. The van der Waals surface area contributed by atoms with Crippen LogP contribution >= 0.6 is 0 Å². The highest BCUT2D eigenvalue weighted by Crippen LogP contribution is 2.26. The van der Waals surface area contributed by atoms with Gasteiger partial charge in [0.2, 0.25) is 0 Å². The summed E-state index contributed by atoms with van der Waals surface area (Å²) in [7, 11) is 0.226. The average molecular weight is 317 g/mol. The molecule has 116 valence electrons. The summed E-state index contributed by atoms with van der Waals surface area (Å²) < 4.78 is 19.6. The Labute approximate surface area is 132 Å². The number of benzene rings is 2. The van der Waals surface area contributed by atoms with Crippen LogP contribution in [0.1, 0.15) is 12.8 Å². The second-order valence-corrected chi connectivity index (χ2v) is 6.91. The lowest BCUT2D eigenvalue weighted by molar-refractivity contribution is -0.146. The number of carbonyl (C=O) groups excluding carboxylic acids is 1. The Balaban J connectivity index is 1.78. The van der Waals surface area contributed by atoms with Crippen molar-refractivity contribution in [2.24, 2.45) is 5.92 Å². The molecule has 0 bridgehead atoms.